The highest BCUT2D eigenvalue weighted by molar-refractivity contribution is 7.89. The highest BCUT2D eigenvalue weighted by Gasteiger charge is 2.31. The van der Waals surface area contributed by atoms with Gasteiger partial charge < -0.3 is 5.32 Å². The summed E-state index contributed by atoms with van der Waals surface area (Å²) in [6.45, 7) is 1.14. The minimum Gasteiger partial charge on any atom is -0.313 e. The molecule has 1 N–H and O–H groups in total. The molecule has 1 aromatic carbocycles. The summed E-state index contributed by atoms with van der Waals surface area (Å²) in [6.07, 6.45) is 0. The predicted molar refractivity (Wildman–Crippen MR) is 65.2 cm³/mol. The molecule has 0 unspecified atom stereocenters. The number of nitrogens with one attached hydrogen (secondary N) is 1. The van der Waals surface area contributed by atoms with Crippen molar-refractivity contribution < 1.29 is 17.2 Å². The van der Waals surface area contributed by atoms with Crippen molar-refractivity contribution in [1.29, 1.82) is 0 Å². The Morgan fingerprint density at radius 2 is 1.89 bits per heavy atom. The van der Waals surface area contributed by atoms with Crippen LogP contribution in [-0.4, -0.2) is 38.9 Å². The van der Waals surface area contributed by atoms with Gasteiger partial charge in [0.15, 0.2) is 11.6 Å². The molecule has 1 aliphatic heterocycles. The van der Waals surface area contributed by atoms with E-state index in [2.05, 4.69) is 5.32 Å². The Morgan fingerprint density at radius 3 is 2.33 bits per heavy atom. The average molecular weight is 299 g/mol. The molecule has 18 heavy (non-hydrogen) atoms. The van der Waals surface area contributed by atoms with Crippen molar-refractivity contribution in [2.75, 3.05) is 20.1 Å². The Morgan fingerprint density at radius 1 is 1.28 bits per heavy atom. The van der Waals surface area contributed by atoms with Gasteiger partial charge in [-0.05, 0) is 18.2 Å². The van der Waals surface area contributed by atoms with E-state index in [0.29, 0.717) is 19.2 Å². The van der Waals surface area contributed by atoms with Crippen LogP contribution in [0.15, 0.2) is 23.1 Å². The molecule has 0 aromatic heterocycles. The minimum absolute atomic E-state index is 0. The number of benzene rings is 1. The number of rotatable bonds is 3. The van der Waals surface area contributed by atoms with Gasteiger partial charge in [-0.1, -0.05) is 0 Å². The van der Waals surface area contributed by atoms with Gasteiger partial charge >= 0.3 is 0 Å². The van der Waals surface area contributed by atoms with Crippen LogP contribution in [0.25, 0.3) is 0 Å². The van der Waals surface area contributed by atoms with Gasteiger partial charge in [-0.15, -0.1) is 12.4 Å². The van der Waals surface area contributed by atoms with Crippen molar-refractivity contribution >= 4 is 22.4 Å². The van der Waals surface area contributed by atoms with Crippen LogP contribution in [0.1, 0.15) is 0 Å². The lowest BCUT2D eigenvalue weighted by molar-refractivity contribution is 0.274. The van der Waals surface area contributed by atoms with Gasteiger partial charge in [0.25, 0.3) is 0 Å². The van der Waals surface area contributed by atoms with E-state index in [1.807, 2.05) is 0 Å². The van der Waals surface area contributed by atoms with E-state index < -0.39 is 21.7 Å². The highest BCUT2D eigenvalue weighted by Crippen LogP contribution is 2.20. The molecule has 0 radical (unpaired) electrons. The summed E-state index contributed by atoms with van der Waals surface area (Å²) in [5, 5.41) is 2.95. The maximum Gasteiger partial charge on any atom is 0.243 e. The van der Waals surface area contributed by atoms with E-state index in [1.165, 1.54) is 11.4 Å². The second-order valence-corrected chi connectivity index (χ2v) is 5.91. The maximum atomic E-state index is 13.0. The summed E-state index contributed by atoms with van der Waals surface area (Å²) in [7, 11) is -2.32. The second kappa shape index (κ2) is 5.48. The Kier molecular flexibility index (Phi) is 4.66. The zero-order chi connectivity index (χ0) is 12.6. The Hall–Kier alpha value is -0.760. The fourth-order valence-corrected chi connectivity index (χ4v) is 2.90. The number of nitrogens with zero attached hydrogens (tertiary/aromatic N) is 1. The molecule has 102 valence electrons. The van der Waals surface area contributed by atoms with Gasteiger partial charge in [-0.2, -0.15) is 4.31 Å². The summed E-state index contributed by atoms with van der Waals surface area (Å²) in [4.78, 5) is -0.231. The molecule has 1 fully saturated rings. The summed E-state index contributed by atoms with van der Waals surface area (Å²) < 4.78 is 51.0. The molecule has 1 saturated heterocycles. The van der Waals surface area contributed by atoms with E-state index in [9.17, 15) is 17.2 Å². The Bertz CT molecular complexity index is 535. The van der Waals surface area contributed by atoms with Crippen LogP contribution in [0.5, 0.6) is 0 Å². The molecular weight excluding hydrogens is 286 g/mol. The third-order valence-corrected chi connectivity index (χ3v) is 4.75. The molecule has 1 heterocycles. The first-order chi connectivity index (χ1) is 7.93. The van der Waals surface area contributed by atoms with Crippen LogP contribution >= 0.6 is 12.4 Å². The van der Waals surface area contributed by atoms with Crippen molar-refractivity contribution in [2.45, 2.75) is 10.9 Å². The molecule has 1 aliphatic rings. The number of likely N-dealkylation sites (N-methyl/N-ethyl adjacent to an activating group) is 1. The SMILES string of the molecule is CN(C1CNC1)S(=O)(=O)c1ccc(F)c(F)c1.Cl. The molecule has 0 bridgehead atoms. The van der Waals surface area contributed by atoms with Crippen molar-refractivity contribution in [3.63, 3.8) is 0 Å². The first-order valence-electron chi connectivity index (χ1n) is 5.07. The van der Waals surface area contributed by atoms with E-state index >= 15 is 0 Å². The van der Waals surface area contributed by atoms with Gasteiger partial charge in [0, 0.05) is 26.2 Å². The largest absolute Gasteiger partial charge is 0.313 e. The van der Waals surface area contributed by atoms with Crippen molar-refractivity contribution in [3.8, 4) is 0 Å². The molecule has 0 saturated carbocycles. The third-order valence-electron chi connectivity index (χ3n) is 2.84. The number of hydrogen-bond donors (Lipinski definition) is 1. The Labute approximate surface area is 110 Å². The van der Waals surface area contributed by atoms with Gasteiger partial charge in [-0.25, -0.2) is 17.2 Å². The molecule has 8 heteroatoms. The van der Waals surface area contributed by atoms with E-state index in [1.54, 1.807) is 0 Å². The number of sulfonamides is 1. The van der Waals surface area contributed by atoms with Gasteiger partial charge in [0.1, 0.15) is 0 Å². The van der Waals surface area contributed by atoms with Gasteiger partial charge in [0.05, 0.1) is 4.90 Å². The lowest BCUT2D eigenvalue weighted by Crippen LogP contribution is -2.57. The lowest BCUT2D eigenvalue weighted by atomic mass is 10.2. The normalized spacial score (nSPS) is 16.2. The van der Waals surface area contributed by atoms with E-state index in [0.717, 1.165) is 12.1 Å². The first kappa shape index (κ1) is 15.3. The quantitative estimate of drug-likeness (QED) is 0.905. The summed E-state index contributed by atoms with van der Waals surface area (Å²) in [6, 6.07) is 2.45. The topological polar surface area (TPSA) is 49.4 Å². The lowest BCUT2D eigenvalue weighted by Gasteiger charge is -2.34. The zero-order valence-electron chi connectivity index (χ0n) is 9.56. The smallest absolute Gasteiger partial charge is 0.243 e. The van der Waals surface area contributed by atoms with Crippen molar-refractivity contribution in [2.24, 2.45) is 0 Å². The molecule has 0 amide bonds. The van der Waals surface area contributed by atoms with Crippen LogP contribution in [0, 0.1) is 11.6 Å². The first-order valence-corrected chi connectivity index (χ1v) is 6.51. The molecule has 0 spiro atoms. The summed E-state index contributed by atoms with van der Waals surface area (Å²) in [5.41, 5.74) is 0. The average Bonchev–Trinajstić information content (AvgIpc) is 2.19. The van der Waals surface area contributed by atoms with E-state index in [4.69, 9.17) is 0 Å². The fourth-order valence-electron chi connectivity index (χ4n) is 1.53. The summed E-state index contributed by atoms with van der Waals surface area (Å²) >= 11 is 0. The zero-order valence-corrected chi connectivity index (χ0v) is 11.2. The van der Waals surface area contributed by atoms with Crippen LogP contribution in [0.2, 0.25) is 0 Å². The van der Waals surface area contributed by atoms with Gasteiger partial charge in [-0.3, -0.25) is 0 Å². The third kappa shape index (κ3) is 2.64. The molecule has 1 aromatic rings. The highest BCUT2D eigenvalue weighted by atomic mass is 35.5. The van der Waals surface area contributed by atoms with Crippen LogP contribution in [-0.2, 0) is 10.0 Å². The fraction of sp³-hybridized carbons (Fsp3) is 0.400. The standard InChI is InChI=1S/C10H12F2N2O2S.ClH/c1-14(7-5-13-6-7)17(15,16)8-2-3-9(11)10(12)4-8;/h2-4,7,13H,5-6H2,1H3;1H. The number of halogens is 3. The van der Waals surface area contributed by atoms with E-state index in [-0.39, 0.29) is 23.3 Å². The molecule has 2 rings (SSSR count). The summed E-state index contributed by atoms with van der Waals surface area (Å²) in [5.74, 6) is -2.22. The monoisotopic (exact) mass is 298 g/mol. The van der Waals surface area contributed by atoms with Crippen molar-refractivity contribution in [3.05, 3.63) is 29.8 Å². The van der Waals surface area contributed by atoms with Gasteiger partial charge in [0.2, 0.25) is 10.0 Å². The molecule has 4 nitrogen and oxygen atoms in total. The van der Waals surface area contributed by atoms with Crippen LogP contribution in [0.3, 0.4) is 0 Å². The maximum absolute atomic E-state index is 13.0. The van der Waals surface area contributed by atoms with Crippen molar-refractivity contribution in [1.82, 2.24) is 9.62 Å². The molecule has 0 aliphatic carbocycles. The Balaban J connectivity index is 0.00000162. The predicted octanol–water partition coefficient (Wildman–Crippen LogP) is 0.979. The molecule has 0 atom stereocenters. The van der Waals surface area contributed by atoms with Crippen LogP contribution < -0.4 is 5.32 Å². The van der Waals surface area contributed by atoms with Crippen LogP contribution in [0.4, 0.5) is 8.78 Å². The minimum atomic E-state index is -3.75. The second-order valence-electron chi connectivity index (χ2n) is 3.91. The number of hydrogen-bond acceptors (Lipinski definition) is 3. The molecular formula is C10H13ClF2N2O2S.